The molecule has 0 fully saturated rings. The molecule has 28 heavy (non-hydrogen) atoms. The van der Waals surface area contributed by atoms with Crippen molar-refractivity contribution in [1.82, 2.24) is 15.2 Å². The van der Waals surface area contributed by atoms with Crippen LogP contribution in [0.25, 0.3) is 0 Å². The number of allylic oxidation sites excluding steroid dienone is 2. The molecule has 9 heteroatoms. The van der Waals surface area contributed by atoms with Crippen molar-refractivity contribution in [3.63, 3.8) is 0 Å². The molecule has 1 aromatic heterocycles. The molecule has 2 atom stereocenters. The molecule has 0 aromatic carbocycles. The van der Waals surface area contributed by atoms with Crippen molar-refractivity contribution in [2.75, 3.05) is 0 Å². The number of nitrogens with two attached hydrogens (primary N) is 1. The first-order chi connectivity index (χ1) is 12.9. The fourth-order valence-corrected chi connectivity index (χ4v) is 3.19. The van der Waals surface area contributed by atoms with Gasteiger partial charge in [-0.3, -0.25) is 9.59 Å². The average Bonchev–Trinajstić information content (AvgIpc) is 2.88. The molecule has 0 aliphatic heterocycles. The molecule has 0 saturated carbocycles. The first-order valence-corrected chi connectivity index (χ1v) is 9.02. The maximum atomic E-state index is 13.5. The fourth-order valence-electron chi connectivity index (χ4n) is 2.81. The third kappa shape index (κ3) is 4.80. The number of rotatable bonds is 4. The van der Waals surface area contributed by atoms with E-state index < -0.39 is 35.3 Å². The summed E-state index contributed by atoms with van der Waals surface area (Å²) in [5, 5.41) is 14.5. The minimum absolute atomic E-state index is 0.0349. The highest BCUT2D eigenvalue weighted by molar-refractivity contribution is 6.34. The largest absolute Gasteiger partial charge is 0.350 e. The molecule has 2 unspecified atom stereocenters. The Balaban J connectivity index is 2.20. The standard InChI is InChI=1S/C19H23ClFN5O2/c1-19(2,3)25-17(27)15(23)12-9-26(4)16(14(12)20)18(28)24-11-5-6-13(21)10(7-11)8-22/h5-6,9,11,15H,7,23H2,1-4H3,(H,24,28)(H,25,27). The van der Waals surface area contributed by atoms with E-state index in [1.165, 1.54) is 16.8 Å². The SMILES string of the molecule is Cn1cc(C(N)C(=O)NC(C)(C)C)c(Cl)c1C(=O)NC1C=CC(F)=C(C#N)C1. The van der Waals surface area contributed by atoms with Crippen molar-refractivity contribution in [3.8, 4) is 6.07 Å². The van der Waals surface area contributed by atoms with Crippen molar-refractivity contribution in [2.24, 2.45) is 12.8 Å². The molecule has 0 saturated heterocycles. The smallest absolute Gasteiger partial charge is 0.269 e. The maximum absolute atomic E-state index is 13.5. The summed E-state index contributed by atoms with van der Waals surface area (Å²) in [6.45, 7) is 5.48. The second-order valence-corrected chi connectivity index (χ2v) is 8.03. The number of carbonyl (C=O) groups is 2. The fraction of sp³-hybridized carbons (Fsp3) is 0.421. The lowest BCUT2D eigenvalue weighted by atomic mass is 10.0. The lowest BCUT2D eigenvalue weighted by Gasteiger charge is -2.23. The summed E-state index contributed by atoms with van der Waals surface area (Å²) in [5.41, 5.74) is 5.97. The average molecular weight is 408 g/mol. The maximum Gasteiger partial charge on any atom is 0.269 e. The Morgan fingerprint density at radius 2 is 2.11 bits per heavy atom. The van der Waals surface area contributed by atoms with Crippen LogP contribution in [0.15, 0.2) is 29.7 Å². The van der Waals surface area contributed by atoms with Crippen LogP contribution in [0.4, 0.5) is 4.39 Å². The highest BCUT2D eigenvalue weighted by Gasteiger charge is 2.29. The Hall–Kier alpha value is -2.63. The molecule has 0 radical (unpaired) electrons. The predicted octanol–water partition coefficient (Wildman–Crippen LogP) is 2.40. The van der Waals surface area contributed by atoms with Gasteiger partial charge in [-0.1, -0.05) is 17.7 Å². The van der Waals surface area contributed by atoms with Gasteiger partial charge in [0.1, 0.15) is 17.6 Å². The normalized spacial score (nSPS) is 17.9. The Kier molecular flexibility index (Phi) is 6.32. The molecular formula is C19H23ClFN5O2. The van der Waals surface area contributed by atoms with Crippen LogP contribution in [0, 0.1) is 11.3 Å². The first kappa shape index (κ1) is 21.7. The number of aromatic nitrogens is 1. The van der Waals surface area contributed by atoms with Crippen LogP contribution < -0.4 is 16.4 Å². The summed E-state index contributed by atoms with van der Waals surface area (Å²) in [6.07, 6.45) is 4.19. The van der Waals surface area contributed by atoms with Crippen molar-refractivity contribution >= 4 is 23.4 Å². The van der Waals surface area contributed by atoms with Gasteiger partial charge in [0.2, 0.25) is 5.91 Å². The summed E-state index contributed by atoms with van der Waals surface area (Å²) in [7, 11) is 1.61. The molecule has 150 valence electrons. The molecule has 0 bridgehead atoms. The van der Waals surface area contributed by atoms with Gasteiger partial charge in [0, 0.05) is 30.8 Å². The first-order valence-electron chi connectivity index (χ1n) is 8.64. The highest BCUT2D eigenvalue weighted by Crippen LogP contribution is 2.28. The molecular weight excluding hydrogens is 385 g/mol. The van der Waals surface area contributed by atoms with E-state index in [1.807, 2.05) is 20.8 Å². The van der Waals surface area contributed by atoms with E-state index in [-0.39, 0.29) is 22.7 Å². The van der Waals surface area contributed by atoms with E-state index in [4.69, 9.17) is 22.6 Å². The molecule has 7 nitrogen and oxygen atoms in total. The molecule has 0 spiro atoms. The molecule has 2 rings (SSSR count). The number of halogens is 2. The van der Waals surface area contributed by atoms with Gasteiger partial charge in [-0.05, 0) is 26.8 Å². The molecule has 1 aliphatic carbocycles. The molecule has 4 N–H and O–H groups in total. The van der Waals surface area contributed by atoms with Crippen LogP contribution >= 0.6 is 11.6 Å². The number of hydrogen-bond donors (Lipinski definition) is 3. The van der Waals surface area contributed by atoms with Crippen molar-refractivity contribution in [3.05, 3.63) is 46.0 Å². The van der Waals surface area contributed by atoms with E-state index in [9.17, 15) is 14.0 Å². The molecule has 1 aromatic rings. The Bertz CT molecular complexity index is 905. The highest BCUT2D eigenvalue weighted by atomic mass is 35.5. The van der Waals surface area contributed by atoms with Gasteiger partial charge in [0.05, 0.1) is 22.7 Å². The lowest BCUT2D eigenvalue weighted by Crippen LogP contribution is -2.45. The third-order valence-corrected chi connectivity index (χ3v) is 4.51. The summed E-state index contributed by atoms with van der Waals surface area (Å²) >= 11 is 6.35. The van der Waals surface area contributed by atoms with Crippen LogP contribution in [0.2, 0.25) is 5.02 Å². The zero-order valence-corrected chi connectivity index (χ0v) is 16.9. The number of amides is 2. The van der Waals surface area contributed by atoms with Gasteiger partial charge in [0.25, 0.3) is 5.91 Å². The number of aryl methyl sites for hydroxylation is 1. The van der Waals surface area contributed by atoms with Crippen LogP contribution in [-0.2, 0) is 11.8 Å². The van der Waals surface area contributed by atoms with Crippen LogP contribution in [-0.4, -0.2) is 28.0 Å². The van der Waals surface area contributed by atoms with E-state index in [2.05, 4.69) is 10.6 Å². The zero-order chi connectivity index (χ0) is 21.2. The van der Waals surface area contributed by atoms with Crippen molar-refractivity contribution < 1.29 is 14.0 Å². The second-order valence-electron chi connectivity index (χ2n) is 7.66. The minimum Gasteiger partial charge on any atom is -0.350 e. The number of nitriles is 1. The molecule has 1 aliphatic rings. The van der Waals surface area contributed by atoms with Gasteiger partial charge in [0.15, 0.2) is 0 Å². The number of nitrogens with one attached hydrogen (secondary N) is 2. The lowest BCUT2D eigenvalue weighted by molar-refractivity contribution is -0.123. The third-order valence-electron chi connectivity index (χ3n) is 4.12. The summed E-state index contributed by atoms with van der Waals surface area (Å²) in [4.78, 5) is 25.0. The molecule has 1 heterocycles. The van der Waals surface area contributed by atoms with Crippen LogP contribution in [0.1, 0.15) is 49.3 Å². The van der Waals surface area contributed by atoms with Crippen LogP contribution in [0.3, 0.4) is 0 Å². The van der Waals surface area contributed by atoms with Gasteiger partial charge >= 0.3 is 0 Å². The van der Waals surface area contributed by atoms with Gasteiger partial charge in [-0.25, -0.2) is 4.39 Å². The topological polar surface area (TPSA) is 113 Å². The van der Waals surface area contributed by atoms with Gasteiger partial charge in [-0.15, -0.1) is 0 Å². The number of nitrogens with zero attached hydrogens (tertiary/aromatic N) is 2. The summed E-state index contributed by atoms with van der Waals surface area (Å²) in [5.74, 6) is -1.54. The second kappa shape index (κ2) is 8.17. The quantitative estimate of drug-likeness (QED) is 0.711. The van der Waals surface area contributed by atoms with E-state index in [0.717, 1.165) is 6.08 Å². The van der Waals surface area contributed by atoms with Gasteiger partial charge < -0.3 is 20.9 Å². The zero-order valence-electron chi connectivity index (χ0n) is 16.1. The Morgan fingerprint density at radius 3 is 2.68 bits per heavy atom. The van der Waals surface area contributed by atoms with E-state index in [1.54, 1.807) is 13.1 Å². The predicted molar refractivity (Wildman–Crippen MR) is 104 cm³/mol. The molecule has 2 amide bonds. The van der Waals surface area contributed by atoms with Crippen molar-refractivity contribution in [1.29, 1.82) is 5.26 Å². The van der Waals surface area contributed by atoms with E-state index >= 15 is 0 Å². The Labute approximate surface area is 168 Å². The van der Waals surface area contributed by atoms with Crippen molar-refractivity contribution in [2.45, 2.75) is 44.8 Å². The Morgan fingerprint density at radius 1 is 1.46 bits per heavy atom. The summed E-state index contributed by atoms with van der Waals surface area (Å²) < 4.78 is 15.0. The van der Waals surface area contributed by atoms with E-state index in [0.29, 0.717) is 5.56 Å². The minimum atomic E-state index is -1.05. The number of carbonyl (C=O) groups excluding carboxylic acids is 2. The van der Waals surface area contributed by atoms with Crippen LogP contribution in [0.5, 0.6) is 0 Å². The van der Waals surface area contributed by atoms with Gasteiger partial charge in [-0.2, -0.15) is 5.26 Å². The summed E-state index contributed by atoms with van der Waals surface area (Å²) in [6, 6.07) is 0.187. The number of hydrogen-bond acceptors (Lipinski definition) is 4. The monoisotopic (exact) mass is 407 g/mol.